The summed E-state index contributed by atoms with van der Waals surface area (Å²) in [7, 11) is 6.48. The summed E-state index contributed by atoms with van der Waals surface area (Å²) in [4.78, 5) is 1.78. The fourth-order valence-corrected chi connectivity index (χ4v) is 2.97. The number of hydrogen-bond donors (Lipinski definition) is 0. The lowest BCUT2D eigenvalue weighted by molar-refractivity contribution is 1.45. The highest BCUT2D eigenvalue weighted by Crippen LogP contribution is 2.37. The normalized spacial score (nSPS) is 10.9. The molecule has 0 aliphatic carbocycles. The molecule has 0 spiro atoms. The zero-order valence-corrected chi connectivity index (χ0v) is 12.1. The molecule has 1 nitrogen and oxygen atoms in total. The molecule has 4 aromatic rings. The molecule has 2 radical (unpaired) electrons. The molecule has 0 amide bonds. The molecule has 102 valence electrons. The van der Waals surface area contributed by atoms with Crippen molar-refractivity contribution in [2.75, 3.05) is 4.81 Å². The Balaban J connectivity index is 2.08. The van der Waals surface area contributed by atoms with Crippen LogP contribution in [0.25, 0.3) is 21.5 Å². The standard InChI is InChI=1S/C20H14BN/c21-22(17-10-2-1-3-11-17)20-18-12-6-4-8-15(18)14-16-9-5-7-13-19(16)20/h1-14H. The van der Waals surface area contributed by atoms with Crippen LogP contribution in [0.2, 0.25) is 0 Å². The summed E-state index contributed by atoms with van der Waals surface area (Å²) in [6, 6.07) is 29.0. The summed E-state index contributed by atoms with van der Waals surface area (Å²) in [5, 5.41) is 4.71. The second-order valence-electron chi connectivity index (χ2n) is 5.37. The molecule has 0 aliphatic heterocycles. The van der Waals surface area contributed by atoms with Crippen molar-refractivity contribution < 1.29 is 0 Å². The lowest BCUT2D eigenvalue weighted by Crippen LogP contribution is -2.12. The number of benzene rings is 4. The van der Waals surface area contributed by atoms with Crippen LogP contribution in [0.5, 0.6) is 0 Å². The largest absolute Gasteiger partial charge is 0.397 e. The predicted octanol–water partition coefficient (Wildman–Crippen LogP) is 5.21. The maximum Gasteiger partial charge on any atom is 0.234 e. The molecule has 0 saturated heterocycles. The van der Waals surface area contributed by atoms with Crippen LogP contribution >= 0.6 is 0 Å². The first kappa shape index (κ1) is 13.0. The molecular formula is C20H14BN. The van der Waals surface area contributed by atoms with E-state index in [-0.39, 0.29) is 0 Å². The van der Waals surface area contributed by atoms with Crippen LogP contribution in [-0.2, 0) is 0 Å². The first-order chi connectivity index (χ1) is 10.8. The summed E-state index contributed by atoms with van der Waals surface area (Å²) >= 11 is 0. The van der Waals surface area contributed by atoms with Crippen molar-refractivity contribution in [1.29, 1.82) is 0 Å². The molecular weight excluding hydrogens is 265 g/mol. The lowest BCUT2D eigenvalue weighted by atomic mass is 9.98. The average molecular weight is 279 g/mol. The Bertz CT molecular complexity index is 893. The van der Waals surface area contributed by atoms with Crippen LogP contribution in [0.15, 0.2) is 84.9 Å². The second kappa shape index (κ2) is 5.23. The maximum atomic E-state index is 6.48. The van der Waals surface area contributed by atoms with Crippen molar-refractivity contribution in [3.63, 3.8) is 0 Å². The fraction of sp³-hybridized carbons (Fsp3) is 0. The minimum atomic E-state index is 0.976. The Morgan fingerprint density at radius 2 is 1.09 bits per heavy atom. The van der Waals surface area contributed by atoms with E-state index in [2.05, 4.69) is 54.6 Å². The number of nitrogens with zero attached hydrogens (tertiary/aromatic N) is 1. The van der Waals surface area contributed by atoms with Gasteiger partial charge in [0.05, 0.1) is 0 Å². The smallest absolute Gasteiger partial charge is 0.234 e. The highest BCUT2D eigenvalue weighted by molar-refractivity contribution is 6.29. The Labute approximate surface area is 131 Å². The van der Waals surface area contributed by atoms with Gasteiger partial charge in [-0.05, 0) is 29.0 Å². The van der Waals surface area contributed by atoms with Crippen molar-refractivity contribution in [3.8, 4) is 0 Å². The van der Waals surface area contributed by atoms with Crippen LogP contribution < -0.4 is 4.81 Å². The zero-order valence-electron chi connectivity index (χ0n) is 12.1. The average Bonchev–Trinajstić information content (AvgIpc) is 2.60. The van der Waals surface area contributed by atoms with Crippen molar-refractivity contribution in [2.24, 2.45) is 0 Å². The molecule has 0 N–H and O–H groups in total. The number of fused-ring (bicyclic) bond motifs is 2. The van der Waals surface area contributed by atoms with Gasteiger partial charge >= 0.3 is 0 Å². The van der Waals surface area contributed by atoms with Gasteiger partial charge in [0.2, 0.25) is 7.98 Å². The second-order valence-corrected chi connectivity index (χ2v) is 5.37. The Kier molecular flexibility index (Phi) is 3.08. The third-order valence-corrected chi connectivity index (χ3v) is 4.02. The van der Waals surface area contributed by atoms with Crippen LogP contribution in [0, 0.1) is 0 Å². The van der Waals surface area contributed by atoms with E-state index in [0.29, 0.717) is 0 Å². The minimum absolute atomic E-state index is 0.976. The van der Waals surface area contributed by atoms with Gasteiger partial charge in [0, 0.05) is 22.1 Å². The fourth-order valence-electron chi connectivity index (χ4n) is 2.97. The van der Waals surface area contributed by atoms with Gasteiger partial charge in [-0.25, -0.2) is 0 Å². The number of para-hydroxylation sites is 1. The van der Waals surface area contributed by atoms with E-state index < -0.39 is 0 Å². The quantitative estimate of drug-likeness (QED) is 0.359. The first-order valence-corrected chi connectivity index (χ1v) is 7.35. The third-order valence-electron chi connectivity index (χ3n) is 4.02. The zero-order chi connectivity index (χ0) is 14.9. The first-order valence-electron chi connectivity index (χ1n) is 7.35. The van der Waals surface area contributed by atoms with Gasteiger partial charge in [0.15, 0.2) is 0 Å². The Morgan fingerprint density at radius 1 is 0.591 bits per heavy atom. The van der Waals surface area contributed by atoms with Crippen molar-refractivity contribution >= 4 is 40.9 Å². The molecule has 0 bridgehead atoms. The van der Waals surface area contributed by atoms with E-state index in [0.717, 1.165) is 22.1 Å². The van der Waals surface area contributed by atoms with E-state index >= 15 is 0 Å². The maximum absolute atomic E-state index is 6.48. The summed E-state index contributed by atoms with van der Waals surface area (Å²) in [6.07, 6.45) is 0. The van der Waals surface area contributed by atoms with Crippen LogP contribution in [0.4, 0.5) is 11.4 Å². The minimum Gasteiger partial charge on any atom is -0.397 e. The van der Waals surface area contributed by atoms with E-state index in [1.165, 1.54) is 10.8 Å². The monoisotopic (exact) mass is 279 g/mol. The van der Waals surface area contributed by atoms with E-state index in [1.54, 1.807) is 4.81 Å². The highest BCUT2D eigenvalue weighted by Gasteiger charge is 2.12. The SMILES string of the molecule is [B]N(c1ccccc1)c1c2ccccc2cc2ccccc12. The third kappa shape index (κ3) is 2.04. The van der Waals surface area contributed by atoms with Gasteiger partial charge in [-0.1, -0.05) is 66.7 Å². The summed E-state index contributed by atoms with van der Waals surface area (Å²) in [5.74, 6) is 0. The van der Waals surface area contributed by atoms with Crippen molar-refractivity contribution in [3.05, 3.63) is 84.9 Å². The molecule has 2 heteroatoms. The van der Waals surface area contributed by atoms with Gasteiger partial charge < -0.3 is 4.81 Å². The molecule has 0 atom stereocenters. The van der Waals surface area contributed by atoms with Gasteiger partial charge in [-0.3, -0.25) is 0 Å². The highest BCUT2D eigenvalue weighted by atomic mass is 15.0. The van der Waals surface area contributed by atoms with Crippen LogP contribution in [0.1, 0.15) is 0 Å². The van der Waals surface area contributed by atoms with Crippen molar-refractivity contribution in [2.45, 2.75) is 0 Å². The van der Waals surface area contributed by atoms with Crippen LogP contribution in [0.3, 0.4) is 0 Å². The Morgan fingerprint density at radius 3 is 1.68 bits per heavy atom. The number of hydrogen-bond acceptors (Lipinski definition) is 1. The van der Waals surface area contributed by atoms with Gasteiger partial charge in [0.1, 0.15) is 0 Å². The summed E-state index contributed by atoms with van der Waals surface area (Å²) < 4.78 is 0. The molecule has 4 aromatic carbocycles. The molecule has 0 fully saturated rings. The number of anilines is 2. The molecule has 0 aliphatic rings. The van der Waals surface area contributed by atoms with Gasteiger partial charge in [0.25, 0.3) is 0 Å². The Hall–Kier alpha value is -2.74. The van der Waals surface area contributed by atoms with Gasteiger partial charge in [-0.15, -0.1) is 0 Å². The molecule has 0 unspecified atom stereocenters. The van der Waals surface area contributed by atoms with E-state index in [4.69, 9.17) is 7.98 Å². The molecule has 0 heterocycles. The van der Waals surface area contributed by atoms with E-state index in [1.807, 2.05) is 30.3 Å². The summed E-state index contributed by atoms with van der Waals surface area (Å²) in [6.45, 7) is 0. The van der Waals surface area contributed by atoms with Gasteiger partial charge in [-0.2, -0.15) is 0 Å². The van der Waals surface area contributed by atoms with Crippen molar-refractivity contribution in [1.82, 2.24) is 0 Å². The molecule has 0 saturated carbocycles. The lowest BCUT2D eigenvalue weighted by Gasteiger charge is -2.24. The number of rotatable bonds is 2. The topological polar surface area (TPSA) is 3.24 Å². The molecule has 4 rings (SSSR count). The molecule has 0 aromatic heterocycles. The van der Waals surface area contributed by atoms with E-state index in [9.17, 15) is 0 Å². The van der Waals surface area contributed by atoms with Crippen LogP contribution in [-0.4, -0.2) is 7.98 Å². The summed E-state index contributed by atoms with van der Waals surface area (Å²) in [5.41, 5.74) is 2.02. The predicted molar refractivity (Wildman–Crippen MR) is 95.8 cm³/mol. The molecule has 22 heavy (non-hydrogen) atoms.